The Hall–Kier alpha value is -1.89. The normalized spacial score (nSPS) is 41.9. The van der Waals surface area contributed by atoms with E-state index < -0.39 is 35.9 Å². The molecule has 3 rings (SSSR count). The Morgan fingerprint density at radius 2 is 1.88 bits per heavy atom. The fourth-order valence-electron chi connectivity index (χ4n) is 4.23. The minimum Gasteiger partial charge on any atom is -0.462 e. The molecule has 0 spiro atoms. The van der Waals surface area contributed by atoms with Crippen LogP contribution >= 0.6 is 0 Å². The van der Waals surface area contributed by atoms with Crippen molar-refractivity contribution in [2.24, 2.45) is 11.8 Å². The maximum Gasteiger partial charge on any atom is 0.309 e. The van der Waals surface area contributed by atoms with Crippen LogP contribution in [0.3, 0.4) is 0 Å². The monoisotopic (exact) mass is 366 g/mol. The van der Waals surface area contributed by atoms with Gasteiger partial charge in [0, 0.05) is 32.6 Å². The summed E-state index contributed by atoms with van der Waals surface area (Å²) in [5.74, 6) is -1.79. The van der Waals surface area contributed by atoms with Gasteiger partial charge in [0.15, 0.2) is 0 Å². The molecule has 7 atom stereocenters. The molecular weight excluding hydrogens is 340 g/mol. The Morgan fingerprint density at radius 1 is 1.23 bits per heavy atom. The third-order valence-electron chi connectivity index (χ3n) is 5.67. The van der Waals surface area contributed by atoms with Gasteiger partial charge < -0.3 is 18.9 Å². The van der Waals surface area contributed by atoms with Crippen molar-refractivity contribution in [2.75, 3.05) is 0 Å². The summed E-state index contributed by atoms with van der Waals surface area (Å²) in [4.78, 5) is 35.4. The third kappa shape index (κ3) is 3.37. The van der Waals surface area contributed by atoms with Crippen molar-refractivity contribution in [3.8, 4) is 0 Å². The molecule has 144 valence electrons. The van der Waals surface area contributed by atoms with E-state index in [9.17, 15) is 14.4 Å². The molecule has 7 unspecified atom stereocenters. The van der Waals surface area contributed by atoms with Crippen molar-refractivity contribution in [3.05, 3.63) is 11.6 Å². The first-order valence-corrected chi connectivity index (χ1v) is 9.02. The summed E-state index contributed by atoms with van der Waals surface area (Å²) in [6.45, 7) is 8.33. The van der Waals surface area contributed by atoms with E-state index in [2.05, 4.69) is 0 Å². The van der Waals surface area contributed by atoms with E-state index in [4.69, 9.17) is 18.9 Å². The van der Waals surface area contributed by atoms with Crippen molar-refractivity contribution in [1.82, 2.24) is 0 Å². The fraction of sp³-hybridized carbons (Fsp3) is 0.737. The van der Waals surface area contributed by atoms with E-state index >= 15 is 0 Å². The number of fused-ring (bicyclic) bond motifs is 3. The summed E-state index contributed by atoms with van der Waals surface area (Å²) < 4.78 is 22.6. The van der Waals surface area contributed by atoms with Crippen LogP contribution in [0, 0.1) is 11.8 Å². The van der Waals surface area contributed by atoms with Crippen molar-refractivity contribution in [1.29, 1.82) is 0 Å². The summed E-state index contributed by atoms with van der Waals surface area (Å²) in [6.07, 6.45) is 1.13. The first-order chi connectivity index (χ1) is 12.1. The number of carbonyl (C=O) groups excluding carboxylic acids is 3. The molecule has 2 saturated heterocycles. The SMILES string of the molecule is CC(=O)OC1CC(C)=CCC(OC(C)=O)C2(C)OC2C2OC(=O)C(C)C12. The molecular formula is C19H26O7. The summed E-state index contributed by atoms with van der Waals surface area (Å²) in [5, 5.41) is 0. The zero-order chi connectivity index (χ0) is 19.2. The van der Waals surface area contributed by atoms with Gasteiger partial charge in [-0.05, 0) is 13.8 Å². The molecule has 0 bridgehead atoms. The third-order valence-corrected chi connectivity index (χ3v) is 5.67. The number of ether oxygens (including phenoxy) is 4. The molecule has 0 aromatic rings. The van der Waals surface area contributed by atoms with Gasteiger partial charge in [-0.25, -0.2) is 0 Å². The lowest BCUT2D eigenvalue weighted by atomic mass is 9.79. The lowest BCUT2D eigenvalue weighted by Gasteiger charge is -2.30. The zero-order valence-corrected chi connectivity index (χ0v) is 15.8. The van der Waals surface area contributed by atoms with Gasteiger partial charge in [-0.1, -0.05) is 18.6 Å². The Balaban J connectivity index is 1.97. The van der Waals surface area contributed by atoms with Crippen LogP contribution in [0.1, 0.15) is 47.5 Å². The molecule has 2 aliphatic heterocycles. The molecule has 0 N–H and O–H groups in total. The first-order valence-electron chi connectivity index (χ1n) is 9.02. The first kappa shape index (κ1) is 18.9. The van der Waals surface area contributed by atoms with E-state index in [1.54, 1.807) is 6.92 Å². The van der Waals surface area contributed by atoms with Crippen LogP contribution in [0.2, 0.25) is 0 Å². The molecule has 7 heteroatoms. The Kier molecular flexibility index (Phi) is 4.86. The second-order valence-corrected chi connectivity index (χ2v) is 7.73. The molecule has 7 nitrogen and oxygen atoms in total. The maximum absolute atomic E-state index is 12.3. The molecule has 0 aromatic heterocycles. The average Bonchev–Trinajstić information content (AvgIpc) is 3.12. The fourth-order valence-corrected chi connectivity index (χ4v) is 4.23. The van der Waals surface area contributed by atoms with Crippen LogP contribution in [-0.4, -0.2) is 47.9 Å². The van der Waals surface area contributed by atoms with Gasteiger partial charge in [0.1, 0.15) is 30.0 Å². The summed E-state index contributed by atoms with van der Waals surface area (Å²) in [5.41, 5.74) is 0.273. The van der Waals surface area contributed by atoms with E-state index in [-0.39, 0.29) is 23.8 Å². The molecule has 0 aromatic carbocycles. The summed E-state index contributed by atoms with van der Waals surface area (Å²) in [7, 11) is 0. The largest absolute Gasteiger partial charge is 0.462 e. The number of esters is 3. The summed E-state index contributed by atoms with van der Waals surface area (Å²) in [6, 6.07) is 0. The predicted octanol–water partition coefficient (Wildman–Crippen LogP) is 1.93. The highest BCUT2D eigenvalue weighted by atomic mass is 16.7. The van der Waals surface area contributed by atoms with Gasteiger partial charge in [-0.2, -0.15) is 0 Å². The second-order valence-electron chi connectivity index (χ2n) is 7.73. The van der Waals surface area contributed by atoms with Gasteiger partial charge in [0.25, 0.3) is 0 Å². The average molecular weight is 366 g/mol. The molecule has 0 saturated carbocycles. The van der Waals surface area contributed by atoms with Crippen LogP contribution in [0.4, 0.5) is 0 Å². The zero-order valence-electron chi connectivity index (χ0n) is 15.8. The van der Waals surface area contributed by atoms with Crippen molar-refractivity contribution in [3.63, 3.8) is 0 Å². The van der Waals surface area contributed by atoms with Crippen molar-refractivity contribution < 1.29 is 33.3 Å². The van der Waals surface area contributed by atoms with Gasteiger partial charge in [0.2, 0.25) is 0 Å². The second kappa shape index (κ2) is 6.68. The molecule has 2 fully saturated rings. The molecule has 26 heavy (non-hydrogen) atoms. The molecule has 0 radical (unpaired) electrons. The van der Waals surface area contributed by atoms with Crippen LogP contribution < -0.4 is 0 Å². The van der Waals surface area contributed by atoms with Gasteiger partial charge >= 0.3 is 17.9 Å². The van der Waals surface area contributed by atoms with Crippen molar-refractivity contribution in [2.45, 2.75) is 77.5 Å². The van der Waals surface area contributed by atoms with Crippen molar-refractivity contribution >= 4 is 17.9 Å². The summed E-state index contributed by atoms with van der Waals surface area (Å²) >= 11 is 0. The minimum atomic E-state index is -0.728. The smallest absolute Gasteiger partial charge is 0.309 e. The lowest BCUT2D eigenvalue weighted by Crippen LogP contribution is -2.43. The standard InChI is InChI=1S/C19H26O7/c1-9-6-7-14(24-12(4)21)19(5)17(26-19)16-15(10(2)18(22)25-16)13(8-9)23-11(3)20/h6,10,13-17H,7-8H2,1-5H3. The van der Waals surface area contributed by atoms with Gasteiger partial charge in [-0.3, -0.25) is 14.4 Å². The number of rotatable bonds is 2. The highest BCUT2D eigenvalue weighted by molar-refractivity contribution is 5.75. The predicted molar refractivity (Wildman–Crippen MR) is 89.9 cm³/mol. The van der Waals surface area contributed by atoms with Crippen LogP contribution in [0.25, 0.3) is 0 Å². The topological polar surface area (TPSA) is 91.4 Å². The highest BCUT2D eigenvalue weighted by Crippen LogP contribution is 2.51. The van der Waals surface area contributed by atoms with E-state index in [0.29, 0.717) is 12.8 Å². The Morgan fingerprint density at radius 3 is 2.50 bits per heavy atom. The van der Waals surface area contributed by atoms with Crippen LogP contribution in [0.15, 0.2) is 11.6 Å². The molecule has 2 heterocycles. The van der Waals surface area contributed by atoms with E-state index in [1.165, 1.54) is 13.8 Å². The molecule has 0 amide bonds. The van der Waals surface area contributed by atoms with Gasteiger partial charge in [-0.15, -0.1) is 0 Å². The van der Waals surface area contributed by atoms with E-state index in [1.807, 2.05) is 19.9 Å². The van der Waals surface area contributed by atoms with Crippen LogP contribution in [0.5, 0.6) is 0 Å². The number of epoxide rings is 1. The number of carbonyl (C=O) groups is 3. The Labute approximate surface area is 153 Å². The molecule has 3 aliphatic rings. The van der Waals surface area contributed by atoms with E-state index in [0.717, 1.165) is 5.57 Å². The lowest BCUT2D eigenvalue weighted by molar-refractivity contribution is -0.152. The quantitative estimate of drug-likeness (QED) is 0.319. The number of hydrogen-bond donors (Lipinski definition) is 0. The highest BCUT2D eigenvalue weighted by Gasteiger charge is 2.68. The molecule has 1 aliphatic carbocycles. The number of hydrogen-bond acceptors (Lipinski definition) is 7. The Bertz CT molecular complexity index is 654. The maximum atomic E-state index is 12.3. The minimum absolute atomic E-state index is 0.308. The van der Waals surface area contributed by atoms with Crippen LogP contribution in [-0.2, 0) is 33.3 Å². The van der Waals surface area contributed by atoms with Gasteiger partial charge in [0.05, 0.1) is 5.92 Å².